The largest absolute Gasteiger partial charge is 0.486 e. The lowest BCUT2D eigenvalue weighted by atomic mass is 10.1. The van der Waals surface area contributed by atoms with Gasteiger partial charge in [-0.2, -0.15) is 0 Å². The minimum Gasteiger partial charge on any atom is -0.486 e. The zero-order valence-corrected chi connectivity index (χ0v) is 12.7. The molecule has 0 radical (unpaired) electrons. The molecule has 1 fully saturated rings. The monoisotopic (exact) mass is 302 g/mol. The molecule has 0 saturated carbocycles. The highest BCUT2D eigenvalue weighted by Gasteiger charge is 2.17. The summed E-state index contributed by atoms with van der Waals surface area (Å²) < 4.78 is 11.2. The maximum Gasteiger partial charge on any atom is 0.185 e. The van der Waals surface area contributed by atoms with E-state index in [0.717, 1.165) is 41.0 Å². The molecule has 0 unspecified atom stereocenters. The lowest BCUT2D eigenvalue weighted by molar-refractivity contribution is 0.171. The van der Waals surface area contributed by atoms with Crippen LogP contribution in [0, 0.1) is 0 Å². The molecule has 0 N–H and O–H groups in total. The third-order valence-electron chi connectivity index (χ3n) is 3.96. The number of nitrogens with zero attached hydrogens (tertiary/aromatic N) is 2. The predicted octanol–water partition coefficient (Wildman–Crippen LogP) is 3.57. The van der Waals surface area contributed by atoms with Gasteiger partial charge >= 0.3 is 0 Å². The second kappa shape index (κ2) is 5.56. The van der Waals surface area contributed by atoms with Crippen molar-refractivity contribution in [2.75, 3.05) is 31.2 Å². The number of anilines is 1. The quantitative estimate of drug-likeness (QED) is 0.849. The van der Waals surface area contributed by atoms with Gasteiger partial charge in [-0.25, -0.2) is 4.98 Å². The molecule has 110 valence electrons. The molecule has 0 spiro atoms. The summed E-state index contributed by atoms with van der Waals surface area (Å²) in [4.78, 5) is 7.20. The van der Waals surface area contributed by atoms with Gasteiger partial charge in [-0.15, -0.1) is 11.3 Å². The average molecular weight is 302 g/mol. The fourth-order valence-electron chi connectivity index (χ4n) is 2.83. The summed E-state index contributed by atoms with van der Waals surface area (Å²) in [5.41, 5.74) is 2.12. The number of fused-ring (bicyclic) bond motifs is 1. The first-order valence-corrected chi connectivity index (χ1v) is 8.39. The highest BCUT2D eigenvalue weighted by atomic mass is 32.1. The van der Waals surface area contributed by atoms with Crippen molar-refractivity contribution in [3.63, 3.8) is 0 Å². The van der Waals surface area contributed by atoms with Crippen LogP contribution in [-0.4, -0.2) is 31.3 Å². The zero-order valence-electron chi connectivity index (χ0n) is 11.9. The summed E-state index contributed by atoms with van der Waals surface area (Å²) in [6.07, 6.45) is 3.90. The van der Waals surface area contributed by atoms with Gasteiger partial charge < -0.3 is 14.4 Å². The van der Waals surface area contributed by atoms with Gasteiger partial charge in [-0.05, 0) is 37.5 Å². The van der Waals surface area contributed by atoms with Gasteiger partial charge in [-0.1, -0.05) is 0 Å². The molecule has 1 aromatic heterocycles. The Morgan fingerprint density at radius 2 is 1.81 bits per heavy atom. The first-order valence-electron chi connectivity index (χ1n) is 7.51. The van der Waals surface area contributed by atoms with Crippen LogP contribution in [0.25, 0.3) is 11.3 Å². The van der Waals surface area contributed by atoms with Gasteiger partial charge in [0.2, 0.25) is 0 Å². The number of piperidine rings is 1. The summed E-state index contributed by atoms with van der Waals surface area (Å²) in [7, 11) is 0. The molecule has 2 aliphatic rings. The molecule has 2 aromatic rings. The van der Waals surface area contributed by atoms with Gasteiger partial charge in [0.25, 0.3) is 0 Å². The van der Waals surface area contributed by atoms with Crippen LogP contribution in [0.4, 0.5) is 5.13 Å². The van der Waals surface area contributed by atoms with Crippen LogP contribution >= 0.6 is 11.3 Å². The second-order valence-corrected chi connectivity index (χ2v) is 6.26. The summed E-state index contributed by atoms with van der Waals surface area (Å²) in [5.74, 6) is 1.66. The Bertz CT molecular complexity index is 635. The standard InChI is InChI=1S/C16H18N2O2S/c1-2-6-18(7-3-1)16-17-13(11-21-16)12-4-5-14-15(10-12)20-9-8-19-14/h4-5,10-11H,1-3,6-9H2. The normalized spacial score (nSPS) is 17.8. The van der Waals surface area contributed by atoms with E-state index < -0.39 is 0 Å². The molecule has 3 heterocycles. The molecular formula is C16H18N2O2S. The molecule has 2 aliphatic heterocycles. The maximum absolute atomic E-state index is 5.65. The van der Waals surface area contributed by atoms with Crippen molar-refractivity contribution in [3.8, 4) is 22.8 Å². The van der Waals surface area contributed by atoms with Crippen molar-refractivity contribution in [2.45, 2.75) is 19.3 Å². The zero-order chi connectivity index (χ0) is 14.1. The molecular weight excluding hydrogens is 284 g/mol. The Kier molecular flexibility index (Phi) is 3.43. The van der Waals surface area contributed by atoms with E-state index in [4.69, 9.17) is 14.5 Å². The number of benzene rings is 1. The second-order valence-electron chi connectivity index (χ2n) is 5.42. The van der Waals surface area contributed by atoms with Gasteiger partial charge in [0.15, 0.2) is 16.6 Å². The smallest absolute Gasteiger partial charge is 0.185 e. The summed E-state index contributed by atoms with van der Waals surface area (Å²) in [6, 6.07) is 6.07. The van der Waals surface area contributed by atoms with E-state index in [1.807, 2.05) is 12.1 Å². The lowest BCUT2D eigenvalue weighted by Gasteiger charge is -2.25. The fourth-order valence-corrected chi connectivity index (χ4v) is 3.72. The minimum atomic E-state index is 0.618. The van der Waals surface area contributed by atoms with Crippen molar-refractivity contribution in [3.05, 3.63) is 23.6 Å². The summed E-state index contributed by atoms with van der Waals surface area (Å²) >= 11 is 1.73. The SMILES string of the molecule is c1cc2c(cc1-c1csc(N3CCCCC3)n1)OCCO2. The Balaban J connectivity index is 1.60. The van der Waals surface area contributed by atoms with Crippen molar-refractivity contribution < 1.29 is 9.47 Å². The molecule has 4 nitrogen and oxygen atoms in total. The number of hydrogen-bond donors (Lipinski definition) is 0. The molecule has 0 amide bonds. The molecule has 0 bridgehead atoms. The number of thiazole rings is 1. The average Bonchev–Trinajstić information content (AvgIpc) is 3.05. The number of aromatic nitrogens is 1. The molecule has 1 saturated heterocycles. The Labute approximate surface area is 128 Å². The first-order chi connectivity index (χ1) is 10.4. The Morgan fingerprint density at radius 1 is 1.00 bits per heavy atom. The molecule has 0 atom stereocenters. The summed E-state index contributed by atoms with van der Waals surface area (Å²) in [5, 5.41) is 3.27. The van der Waals surface area contributed by atoms with Crippen molar-refractivity contribution >= 4 is 16.5 Å². The third-order valence-corrected chi connectivity index (χ3v) is 4.86. The minimum absolute atomic E-state index is 0.618. The van der Waals surface area contributed by atoms with Crippen LogP contribution in [0.5, 0.6) is 11.5 Å². The fraction of sp³-hybridized carbons (Fsp3) is 0.438. The van der Waals surface area contributed by atoms with Gasteiger partial charge in [-0.3, -0.25) is 0 Å². The van der Waals surface area contributed by atoms with Crippen LogP contribution in [0.1, 0.15) is 19.3 Å². The van der Waals surface area contributed by atoms with E-state index in [9.17, 15) is 0 Å². The maximum atomic E-state index is 5.65. The van der Waals surface area contributed by atoms with Crippen LogP contribution in [0.15, 0.2) is 23.6 Å². The molecule has 5 heteroatoms. The molecule has 0 aliphatic carbocycles. The lowest BCUT2D eigenvalue weighted by Crippen LogP contribution is -2.29. The highest BCUT2D eigenvalue weighted by Crippen LogP contribution is 2.36. The first kappa shape index (κ1) is 13.0. The van der Waals surface area contributed by atoms with Gasteiger partial charge in [0.05, 0.1) is 5.69 Å². The summed E-state index contributed by atoms with van der Waals surface area (Å²) in [6.45, 7) is 3.51. The third kappa shape index (κ3) is 2.58. The van der Waals surface area contributed by atoms with Crippen LogP contribution < -0.4 is 14.4 Å². The van der Waals surface area contributed by atoms with E-state index in [1.165, 1.54) is 19.3 Å². The van der Waals surface area contributed by atoms with Crippen molar-refractivity contribution in [2.24, 2.45) is 0 Å². The van der Waals surface area contributed by atoms with E-state index in [1.54, 1.807) is 11.3 Å². The predicted molar refractivity (Wildman–Crippen MR) is 84.6 cm³/mol. The van der Waals surface area contributed by atoms with Crippen molar-refractivity contribution in [1.29, 1.82) is 0 Å². The number of ether oxygens (including phenoxy) is 2. The number of hydrogen-bond acceptors (Lipinski definition) is 5. The van der Waals surface area contributed by atoms with E-state index in [-0.39, 0.29) is 0 Å². The van der Waals surface area contributed by atoms with E-state index >= 15 is 0 Å². The number of rotatable bonds is 2. The topological polar surface area (TPSA) is 34.6 Å². The molecule has 4 rings (SSSR count). The van der Waals surface area contributed by atoms with E-state index in [2.05, 4.69) is 16.3 Å². The van der Waals surface area contributed by atoms with E-state index in [0.29, 0.717) is 13.2 Å². The molecule has 21 heavy (non-hydrogen) atoms. The Hall–Kier alpha value is -1.75. The van der Waals surface area contributed by atoms with Crippen LogP contribution in [-0.2, 0) is 0 Å². The Morgan fingerprint density at radius 3 is 2.67 bits per heavy atom. The van der Waals surface area contributed by atoms with Crippen LogP contribution in [0.2, 0.25) is 0 Å². The molecule has 1 aromatic carbocycles. The van der Waals surface area contributed by atoms with Gasteiger partial charge in [0, 0.05) is 24.0 Å². The van der Waals surface area contributed by atoms with Crippen LogP contribution in [0.3, 0.4) is 0 Å². The van der Waals surface area contributed by atoms with Crippen molar-refractivity contribution in [1.82, 2.24) is 4.98 Å². The highest BCUT2D eigenvalue weighted by molar-refractivity contribution is 7.14. The van der Waals surface area contributed by atoms with Gasteiger partial charge in [0.1, 0.15) is 13.2 Å².